The van der Waals surface area contributed by atoms with Crippen LogP contribution in [0, 0.1) is 0 Å². The molecule has 1 aromatic rings. The van der Waals surface area contributed by atoms with Gasteiger partial charge in [-0.3, -0.25) is 4.90 Å². The number of thiophene rings is 1. The van der Waals surface area contributed by atoms with Crippen LogP contribution in [0.2, 0.25) is 0 Å². The van der Waals surface area contributed by atoms with E-state index >= 15 is 0 Å². The Morgan fingerprint density at radius 3 is 2.65 bits per heavy atom. The predicted octanol–water partition coefficient (Wildman–Crippen LogP) is 3.44. The minimum Gasteiger partial charge on any atom is -0.396 e. The van der Waals surface area contributed by atoms with Gasteiger partial charge in [0, 0.05) is 30.1 Å². The van der Waals surface area contributed by atoms with E-state index in [1.807, 2.05) is 16.3 Å². The molecule has 5 nitrogen and oxygen atoms in total. The maximum absolute atomic E-state index is 12.9. The van der Waals surface area contributed by atoms with Crippen molar-refractivity contribution in [2.75, 3.05) is 32.8 Å². The van der Waals surface area contributed by atoms with E-state index in [1.54, 1.807) is 11.3 Å². The zero-order valence-electron chi connectivity index (χ0n) is 15.8. The lowest BCUT2D eigenvalue weighted by atomic mass is 9.92. The Kier molecular flexibility index (Phi) is 7.34. The zero-order valence-corrected chi connectivity index (χ0v) is 16.6. The van der Waals surface area contributed by atoms with Crippen molar-refractivity contribution in [3.05, 3.63) is 22.4 Å². The Hall–Kier alpha value is -1.11. The van der Waals surface area contributed by atoms with Crippen LogP contribution in [-0.2, 0) is 6.54 Å². The van der Waals surface area contributed by atoms with Crippen LogP contribution in [0.25, 0.3) is 0 Å². The number of piperidine rings is 1. The minimum absolute atomic E-state index is 0.00938. The Balaban J connectivity index is 1.59. The topological polar surface area (TPSA) is 55.8 Å². The van der Waals surface area contributed by atoms with Gasteiger partial charge in [-0.15, -0.1) is 11.3 Å². The van der Waals surface area contributed by atoms with Gasteiger partial charge in [0.1, 0.15) is 0 Å². The SMILES string of the molecule is O=C(NCC1(N2CCCCC2)CCCC1)N(CCCO)Cc1cccs1. The summed E-state index contributed by atoms with van der Waals surface area (Å²) in [6.07, 6.45) is 9.49. The molecule has 1 aliphatic heterocycles. The Morgan fingerprint density at radius 1 is 1.23 bits per heavy atom. The third kappa shape index (κ3) is 4.99. The molecular weight excluding hydrogens is 346 g/mol. The molecule has 2 fully saturated rings. The van der Waals surface area contributed by atoms with Crippen molar-refractivity contribution < 1.29 is 9.90 Å². The van der Waals surface area contributed by atoms with Crippen molar-refractivity contribution >= 4 is 17.4 Å². The highest BCUT2D eigenvalue weighted by atomic mass is 32.1. The fourth-order valence-electron chi connectivity index (χ4n) is 4.46. The summed E-state index contributed by atoms with van der Waals surface area (Å²) in [7, 11) is 0. The fourth-order valence-corrected chi connectivity index (χ4v) is 5.18. The average molecular weight is 380 g/mol. The molecule has 1 aromatic heterocycles. The van der Waals surface area contributed by atoms with Gasteiger partial charge in [0.15, 0.2) is 0 Å². The highest BCUT2D eigenvalue weighted by molar-refractivity contribution is 7.09. The number of aliphatic hydroxyl groups excluding tert-OH is 1. The predicted molar refractivity (Wildman–Crippen MR) is 106 cm³/mol. The van der Waals surface area contributed by atoms with E-state index in [-0.39, 0.29) is 18.2 Å². The number of hydrogen-bond donors (Lipinski definition) is 2. The molecule has 0 radical (unpaired) electrons. The van der Waals surface area contributed by atoms with Gasteiger partial charge in [0.05, 0.1) is 6.54 Å². The molecule has 1 saturated carbocycles. The van der Waals surface area contributed by atoms with Crippen molar-refractivity contribution in [3.63, 3.8) is 0 Å². The number of hydrogen-bond acceptors (Lipinski definition) is 4. The molecule has 1 aliphatic carbocycles. The van der Waals surface area contributed by atoms with Crippen LogP contribution >= 0.6 is 11.3 Å². The highest BCUT2D eigenvalue weighted by Crippen LogP contribution is 2.36. The molecule has 26 heavy (non-hydrogen) atoms. The number of aliphatic hydroxyl groups is 1. The molecule has 2 aliphatic rings. The Morgan fingerprint density at radius 2 is 2.00 bits per heavy atom. The van der Waals surface area contributed by atoms with Gasteiger partial charge in [-0.2, -0.15) is 0 Å². The molecule has 2 amide bonds. The molecule has 0 bridgehead atoms. The summed E-state index contributed by atoms with van der Waals surface area (Å²) < 4.78 is 0. The lowest BCUT2D eigenvalue weighted by Crippen LogP contribution is -2.57. The molecule has 2 N–H and O–H groups in total. The first-order valence-electron chi connectivity index (χ1n) is 10.1. The van der Waals surface area contributed by atoms with E-state index in [0.717, 1.165) is 6.54 Å². The number of likely N-dealkylation sites (tertiary alicyclic amines) is 1. The molecule has 2 heterocycles. The Bertz CT molecular complexity index is 537. The zero-order chi connectivity index (χ0) is 18.2. The van der Waals surface area contributed by atoms with E-state index in [0.29, 0.717) is 19.5 Å². The molecule has 0 atom stereocenters. The van der Waals surface area contributed by atoms with E-state index < -0.39 is 0 Å². The summed E-state index contributed by atoms with van der Waals surface area (Å²) in [4.78, 5) is 18.6. The second-order valence-electron chi connectivity index (χ2n) is 7.72. The van der Waals surface area contributed by atoms with E-state index in [2.05, 4.69) is 16.3 Å². The molecule has 1 saturated heterocycles. The van der Waals surface area contributed by atoms with Crippen molar-refractivity contribution in [3.8, 4) is 0 Å². The van der Waals surface area contributed by atoms with Gasteiger partial charge in [0.25, 0.3) is 0 Å². The Labute approximate surface area is 161 Å². The molecule has 146 valence electrons. The summed E-state index contributed by atoms with van der Waals surface area (Å²) in [5.74, 6) is 0. The van der Waals surface area contributed by atoms with E-state index in [9.17, 15) is 9.90 Å². The second kappa shape index (κ2) is 9.72. The number of carbonyl (C=O) groups is 1. The van der Waals surface area contributed by atoms with E-state index in [4.69, 9.17) is 0 Å². The normalized spacial score (nSPS) is 20.2. The van der Waals surface area contributed by atoms with Gasteiger partial charge in [0.2, 0.25) is 0 Å². The van der Waals surface area contributed by atoms with E-state index in [1.165, 1.54) is 62.9 Å². The van der Waals surface area contributed by atoms with Crippen molar-refractivity contribution in [2.24, 2.45) is 0 Å². The highest BCUT2D eigenvalue weighted by Gasteiger charge is 2.40. The first kappa shape index (κ1) is 19.6. The number of amides is 2. The molecule has 0 aromatic carbocycles. The van der Waals surface area contributed by atoms with Gasteiger partial charge in [-0.05, 0) is 56.6 Å². The first-order chi connectivity index (χ1) is 12.7. The summed E-state index contributed by atoms with van der Waals surface area (Å²) >= 11 is 1.68. The number of urea groups is 1. The van der Waals surface area contributed by atoms with Gasteiger partial charge in [-0.1, -0.05) is 25.3 Å². The van der Waals surface area contributed by atoms with Gasteiger partial charge in [-0.25, -0.2) is 4.79 Å². The number of carbonyl (C=O) groups excluding carboxylic acids is 1. The largest absolute Gasteiger partial charge is 0.396 e. The van der Waals surface area contributed by atoms with Crippen LogP contribution < -0.4 is 5.32 Å². The smallest absolute Gasteiger partial charge is 0.317 e. The van der Waals surface area contributed by atoms with Gasteiger partial charge < -0.3 is 15.3 Å². The maximum atomic E-state index is 12.9. The molecular formula is C20H33N3O2S. The van der Waals surface area contributed by atoms with Crippen LogP contribution in [0.5, 0.6) is 0 Å². The van der Waals surface area contributed by atoms with Crippen molar-refractivity contribution in [2.45, 2.75) is 63.5 Å². The molecule has 0 unspecified atom stereocenters. The standard InChI is InChI=1S/C20H33N3O2S/c24-14-7-11-22(16-18-8-6-15-26-18)19(25)21-17-20(9-2-3-10-20)23-12-4-1-5-13-23/h6,8,15,24H,1-5,7,9-14,16-17H2,(H,21,25). The number of nitrogens with zero attached hydrogens (tertiary/aromatic N) is 2. The monoisotopic (exact) mass is 379 g/mol. The van der Waals surface area contributed by atoms with Crippen LogP contribution in [0.3, 0.4) is 0 Å². The molecule has 3 rings (SSSR count). The summed E-state index contributed by atoms with van der Waals surface area (Å²) in [5, 5.41) is 14.5. The number of nitrogens with one attached hydrogen (secondary N) is 1. The van der Waals surface area contributed by atoms with Crippen LogP contribution in [0.15, 0.2) is 17.5 Å². The molecule has 6 heteroatoms. The maximum Gasteiger partial charge on any atom is 0.317 e. The first-order valence-corrected chi connectivity index (χ1v) is 11.0. The third-order valence-corrected chi connectivity index (χ3v) is 6.79. The lowest BCUT2D eigenvalue weighted by molar-refractivity contribution is 0.0698. The summed E-state index contributed by atoms with van der Waals surface area (Å²) in [5.41, 5.74) is 0.168. The fraction of sp³-hybridized carbons (Fsp3) is 0.750. The second-order valence-corrected chi connectivity index (χ2v) is 8.75. The quantitative estimate of drug-likeness (QED) is 0.727. The van der Waals surface area contributed by atoms with Crippen LogP contribution in [0.1, 0.15) is 56.2 Å². The van der Waals surface area contributed by atoms with Crippen LogP contribution in [0.4, 0.5) is 4.79 Å². The van der Waals surface area contributed by atoms with Gasteiger partial charge >= 0.3 is 6.03 Å². The minimum atomic E-state index is 0.00938. The van der Waals surface area contributed by atoms with Crippen molar-refractivity contribution in [1.29, 1.82) is 0 Å². The van der Waals surface area contributed by atoms with Crippen LogP contribution in [-0.4, -0.2) is 59.3 Å². The number of rotatable bonds is 8. The average Bonchev–Trinajstić information content (AvgIpc) is 3.36. The lowest BCUT2D eigenvalue weighted by Gasteiger charge is -2.44. The third-order valence-electron chi connectivity index (χ3n) is 5.93. The summed E-state index contributed by atoms with van der Waals surface area (Å²) in [6.45, 7) is 4.45. The summed E-state index contributed by atoms with van der Waals surface area (Å²) in [6, 6.07) is 4.09. The van der Waals surface area contributed by atoms with Crippen molar-refractivity contribution in [1.82, 2.24) is 15.1 Å². The molecule has 0 spiro atoms.